The Morgan fingerprint density at radius 1 is 0.714 bits per heavy atom. The van der Waals surface area contributed by atoms with Gasteiger partial charge in [-0.2, -0.15) is 0 Å². The molecule has 0 aromatic carbocycles. The van der Waals surface area contributed by atoms with Crippen LogP contribution in [0.2, 0.25) is 0 Å². The lowest BCUT2D eigenvalue weighted by molar-refractivity contribution is 0.105. The van der Waals surface area contributed by atoms with Gasteiger partial charge in [-0.3, -0.25) is 0 Å². The first-order valence-corrected chi connectivity index (χ1v) is 9.84. The Labute approximate surface area is 132 Å². The maximum absolute atomic E-state index is 5.78. The highest BCUT2D eigenvalue weighted by Crippen LogP contribution is 2.26. The van der Waals surface area contributed by atoms with Crippen molar-refractivity contribution >= 4 is 0 Å². The van der Waals surface area contributed by atoms with E-state index in [1.165, 1.54) is 103 Å². The Kier molecular flexibility index (Phi) is 8.73. The Balaban J connectivity index is 1.81. The van der Waals surface area contributed by atoms with E-state index in [4.69, 9.17) is 5.73 Å². The van der Waals surface area contributed by atoms with Gasteiger partial charge in [-0.05, 0) is 51.1 Å². The normalized spacial score (nSPS) is 28.7. The fraction of sp³-hybridized carbons (Fsp3) is 1.00. The van der Waals surface area contributed by atoms with Crippen LogP contribution in [0.3, 0.4) is 0 Å². The first kappa shape index (κ1) is 17.3. The molecule has 2 aliphatic rings. The summed E-state index contributed by atoms with van der Waals surface area (Å²) in [5.41, 5.74) is 5.78. The first-order chi connectivity index (χ1) is 10.4. The summed E-state index contributed by atoms with van der Waals surface area (Å²) in [6, 6.07) is 0.880. The average Bonchev–Trinajstić information content (AvgIpc) is 2.48. The highest BCUT2D eigenvalue weighted by Gasteiger charge is 2.25. The molecule has 1 heterocycles. The van der Waals surface area contributed by atoms with Crippen molar-refractivity contribution in [1.82, 2.24) is 4.90 Å². The lowest BCUT2D eigenvalue weighted by Crippen LogP contribution is -2.43. The van der Waals surface area contributed by atoms with Gasteiger partial charge >= 0.3 is 0 Å². The second-order valence-electron chi connectivity index (χ2n) is 7.49. The van der Waals surface area contributed by atoms with E-state index in [0.717, 1.165) is 18.5 Å². The lowest BCUT2D eigenvalue weighted by Gasteiger charge is -2.39. The third-order valence-electron chi connectivity index (χ3n) is 5.72. The number of hydrogen-bond donors (Lipinski definition) is 1. The molecule has 2 fully saturated rings. The van der Waals surface area contributed by atoms with Gasteiger partial charge < -0.3 is 10.6 Å². The van der Waals surface area contributed by atoms with Crippen LogP contribution in [0.1, 0.15) is 89.9 Å². The molecule has 0 aromatic heterocycles. The number of nitrogens with zero attached hydrogens (tertiary/aromatic N) is 1. The van der Waals surface area contributed by atoms with Crippen LogP contribution in [0.15, 0.2) is 0 Å². The van der Waals surface area contributed by atoms with Crippen LogP contribution in [-0.4, -0.2) is 30.6 Å². The van der Waals surface area contributed by atoms with Gasteiger partial charge in [0.1, 0.15) is 0 Å². The van der Waals surface area contributed by atoms with E-state index >= 15 is 0 Å². The fourth-order valence-corrected chi connectivity index (χ4v) is 4.41. The van der Waals surface area contributed by atoms with Crippen molar-refractivity contribution in [2.75, 3.05) is 19.6 Å². The van der Waals surface area contributed by atoms with Crippen LogP contribution >= 0.6 is 0 Å². The van der Waals surface area contributed by atoms with Crippen molar-refractivity contribution in [3.63, 3.8) is 0 Å². The molecule has 2 N–H and O–H groups in total. The van der Waals surface area contributed by atoms with Gasteiger partial charge in [0.15, 0.2) is 0 Å². The van der Waals surface area contributed by atoms with Crippen molar-refractivity contribution in [1.29, 1.82) is 0 Å². The van der Waals surface area contributed by atoms with Gasteiger partial charge in [-0.25, -0.2) is 0 Å². The van der Waals surface area contributed by atoms with Crippen molar-refractivity contribution in [3.8, 4) is 0 Å². The van der Waals surface area contributed by atoms with E-state index in [1.54, 1.807) is 0 Å². The molecule has 0 aromatic rings. The van der Waals surface area contributed by atoms with Gasteiger partial charge in [-0.15, -0.1) is 0 Å². The van der Waals surface area contributed by atoms with E-state index in [9.17, 15) is 0 Å². The van der Waals surface area contributed by atoms with Gasteiger partial charge in [0, 0.05) is 12.6 Å². The van der Waals surface area contributed by atoms with Crippen LogP contribution in [0, 0.1) is 5.92 Å². The largest absolute Gasteiger partial charge is 0.330 e. The van der Waals surface area contributed by atoms with E-state index in [0.29, 0.717) is 0 Å². The molecule has 1 atom stereocenters. The zero-order valence-electron chi connectivity index (χ0n) is 14.2. The minimum atomic E-state index is 0.878. The molecule has 1 aliphatic carbocycles. The summed E-state index contributed by atoms with van der Waals surface area (Å²) in [5.74, 6) is 0.880. The Morgan fingerprint density at radius 2 is 1.29 bits per heavy atom. The minimum Gasteiger partial charge on any atom is -0.330 e. The molecule has 1 saturated carbocycles. The molecule has 1 saturated heterocycles. The molecule has 1 aliphatic heterocycles. The molecule has 0 amide bonds. The summed E-state index contributed by atoms with van der Waals surface area (Å²) in [6.07, 6.45) is 20.2. The second-order valence-corrected chi connectivity index (χ2v) is 7.49. The van der Waals surface area contributed by atoms with Gasteiger partial charge in [0.25, 0.3) is 0 Å². The number of rotatable bonds is 3. The SMILES string of the molecule is NCCC1CCCN(C2CCCCCCCCCCC2)C1. The molecule has 2 nitrogen and oxygen atoms in total. The number of nitrogens with two attached hydrogens (primary N) is 1. The molecule has 2 heteroatoms. The van der Waals surface area contributed by atoms with Crippen molar-refractivity contribution in [2.24, 2.45) is 11.7 Å². The van der Waals surface area contributed by atoms with E-state index < -0.39 is 0 Å². The summed E-state index contributed by atoms with van der Waals surface area (Å²) in [4.78, 5) is 2.84. The summed E-state index contributed by atoms with van der Waals surface area (Å²) in [7, 11) is 0. The zero-order valence-corrected chi connectivity index (χ0v) is 14.2. The van der Waals surface area contributed by atoms with Crippen molar-refractivity contribution in [2.45, 2.75) is 95.9 Å². The number of hydrogen-bond acceptors (Lipinski definition) is 2. The Morgan fingerprint density at radius 3 is 1.86 bits per heavy atom. The summed E-state index contributed by atoms with van der Waals surface area (Å²) < 4.78 is 0. The Bertz CT molecular complexity index is 240. The average molecular weight is 295 g/mol. The second kappa shape index (κ2) is 10.6. The van der Waals surface area contributed by atoms with Gasteiger partial charge in [-0.1, -0.05) is 57.8 Å². The van der Waals surface area contributed by atoms with E-state index in [1.807, 2.05) is 0 Å². The van der Waals surface area contributed by atoms with Crippen LogP contribution in [0.5, 0.6) is 0 Å². The van der Waals surface area contributed by atoms with Crippen LogP contribution in [0.4, 0.5) is 0 Å². The molecule has 1 unspecified atom stereocenters. The third kappa shape index (κ3) is 6.69. The maximum Gasteiger partial charge on any atom is 0.00953 e. The molecular weight excluding hydrogens is 256 g/mol. The van der Waals surface area contributed by atoms with Crippen molar-refractivity contribution < 1.29 is 0 Å². The van der Waals surface area contributed by atoms with Crippen molar-refractivity contribution in [3.05, 3.63) is 0 Å². The van der Waals surface area contributed by atoms with Gasteiger partial charge in [0.2, 0.25) is 0 Å². The Hall–Kier alpha value is -0.0800. The summed E-state index contributed by atoms with van der Waals surface area (Å²) in [5, 5.41) is 0. The third-order valence-corrected chi connectivity index (χ3v) is 5.72. The predicted octanol–water partition coefficient (Wildman–Crippen LogP) is 4.72. The maximum atomic E-state index is 5.78. The van der Waals surface area contributed by atoms with E-state index in [-0.39, 0.29) is 0 Å². The summed E-state index contributed by atoms with van der Waals surface area (Å²) in [6.45, 7) is 3.57. The standard InChI is InChI=1S/C19H38N2/c20-15-14-18-11-10-16-21(17-18)19-12-8-6-4-2-1-3-5-7-9-13-19/h18-19H,1-17,20H2. The van der Waals surface area contributed by atoms with Crippen LogP contribution < -0.4 is 5.73 Å². The monoisotopic (exact) mass is 294 g/mol. The smallest absolute Gasteiger partial charge is 0.00953 e. The van der Waals surface area contributed by atoms with Crippen LogP contribution in [0.25, 0.3) is 0 Å². The molecule has 21 heavy (non-hydrogen) atoms. The zero-order chi connectivity index (χ0) is 14.8. The van der Waals surface area contributed by atoms with E-state index in [2.05, 4.69) is 4.90 Å². The quantitative estimate of drug-likeness (QED) is 0.816. The molecule has 124 valence electrons. The molecule has 0 bridgehead atoms. The number of likely N-dealkylation sites (tertiary alicyclic amines) is 1. The summed E-state index contributed by atoms with van der Waals surface area (Å²) >= 11 is 0. The van der Waals surface area contributed by atoms with Crippen LogP contribution in [-0.2, 0) is 0 Å². The molecular formula is C19H38N2. The predicted molar refractivity (Wildman–Crippen MR) is 92.5 cm³/mol. The lowest BCUT2D eigenvalue weighted by atomic mass is 9.91. The molecule has 0 spiro atoms. The highest BCUT2D eigenvalue weighted by atomic mass is 15.2. The molecule has 2 rings (SSSR count). The fourth-order valence-electron chi connectivity index (χ4n) is 4.41. The van der Waals surface area contributed by atoms with Gasteiger partial charge in [0.05, 0.1) is 0 Å². The number of piperidine rings is 1. The minimum absolute atomic E-state index is 0.878. The first-order valence-electron chi connectivity index (χ1n) is 9.84. The topological polar surface area (TPSA) is 29.3 Å². The highest BCUT2D eigenvalue weighted by molar-refractivity contribution is 4.80. The molecule has 0 radical (unpaired) electrons.